The van der Waals surface area contributed by atoms with Crippen LogP contribution in [-0.4, -0.2) is 44.7 Å². The van der Waals surface area contributed by atoms with E-state index in [1.165, 1.54) is 26.0 Å². The second-order valence-electron chi connectivity index (χ2n) is 7.85. The first-order valence-electron chi connectivity index (χ1n) is 10.5. The van der Waals surface area contributed by atoms with Gasteiger partial charge >= 0.3 is 11.9 Å². The zero-order valence-corrected chi connectivity index (χ0v) is 19.3. The van der Waals surface area contributed by atoms with Gasteiger partial charge in [0.25, 0.3) is 0 Å². The van der Waals surface area contributed by atoms with Crippen molar-refractivity contribution in [1.82, 2.24) is 0 Å². The summed E-state index contributed by atoms with van der Waals surface area (Å²) in [6, 6.07) is 22.6. The Morgan fingerprint density at radius 2 is 1.33 bits per heavy atom. The minimum absolute atomic E-state index is 0.420. The van der Waals surface area contributed by atoms with Crippen molar-refractivity contribution in [3.8, 4) is 16.9 Å². The molecular formula is C26H23NO5S. The smallest absolute Gasteiger partial charge is 0.339 e. The maximum Gasteiger partial charge on any atom is 0.339 e. The number of hydrogen-bond acceptors (Lipinski definition) is 7. The molecular weight excluding hydrogens is 438 g/mol. The predicted molar refractivity (Wildman–Crippen MR) is 127 cm³/mol. The highest BCUT2D eigenvalue weighted by Crippen LogP contribution is 2.63. The van der Waals surface area contributed by atoms with Gasteiger partial charge in [-0.1, -0.05) is 48.5 Å². The minimum atomic E-state index is -0.848. The number of carbonyl (C=O) groups excluding carboxylic acids is 2. The zero-order chi connectivity index (χ0) is 23.2. The van der Waals surface area contributed by atoms with E-state index >= 15 is 0 Å². The molecule has 1 aliphatic carbocycles. The van der Waals surface area contributed by atoms with Crippen molar-refractivity contribution in [2.24, 2.45) is 0 Å². The third-order valence-corrected chi connectivity index (χ3v) is 8.03. The molecule has 7 heteroatoms. The summed E-state index contributed by atoms with van der Waals surface area (Å²) in [5.41, 5.74) is 4.77. The van der Waals surface area contributed by atoms with E-state index in [2.05, 4.69) is 12.1 Å². The van der Waals surface area contributed by atoms with E-state index in [9.17, 15) is 9.59 Å². The van der Waals surface area contributed by atoms with Crippen LogP contribution in [0.1, 0.15) is 11.1 Å². The van der Waals surface area contributed by atoms with Gasteiger partial charge in [0.15, 0.2) is 11.4 Å². The SMILES string of the molecule is COC(=O)[C@@H]1SC2(c3ccccc3-c3ccccc32)[C@@H](C(=O)OC)N1c1ccc(OC)cc1. The molecule has 0 unspecified atom stereocenters. The Hall–Kier alpha value is -3.45. The lowest BCUT2D eigenvalue weighted by atomic mass is 9.87. The number of fused-ring (bicyclic) bond motifs is 5. The molecule has 0 N–H and O–H groups in total. The molecule has 168 valence electrons. The third-order valence-electron chi connectivity index (χ3n) is 6.36. The maximum absolute atomic E-state index is 13.5. The van der Waals surface area contributed by atoms with E-state index in [0.29, 0.717) is 11.4 Å². The van der Waals surface area contributed by atoms with Crippen LogP contribution in [0.2, 0.25) is 0 Å². The Bertz CT molecular complexity index is 1180. The fourth-order valence-electron chi connectivity index (χ4n) is 4.97. The van der Waals surface area contributed by atoms with E-state index in [-0.39, 0.29) is 0 Å². The normalized spacial score (nSPS) is 19.7. The Morgan fingerprint density at radius 3 is 1.85 bits per heavy atom. The van der Waals surface area contributed by atoms with E-state index in [1.807, 2.05) is 65.6 Å². The number of thioether (sulfide) groups is 1. The molecule has 2 aliphatic rings. The molecule has 33 heavy (non-hydrogen) atoms. The van der Waals surface area contributed by atoms with Crippen LogP contribution in [0, 0.1) is 0 Å². The average Bonchev–Trinajstić information content (AvgIpc) is 3.38. The van der Waals surface area contributed by atoms with Crippen molar-refractivity contribution >= 4 is 29.4 Å². The van der Waals surface area contributed by atoms with Crippen LogP contribution in [-0.2, 0) is 23.8 Å². The molecule has 2 atom stereocenters. The number of hydrogen-bond donors (Lipinski definition) is 0. The van der Waals surface area contributed by atoms with Crippen molar-refractivity contribution < 1.29 is 23.8 Å². The largest absolute Gasteiger partial charge is 0.497 e. The van der Waals surface area contributed by atoms with Crippen molar-refractivity contribution in [3.05, 3.63) is 83.9 Å². The number of anilines is 1. The van der Waals surface area contributed by atoms with Crippen molar-refractivity contribution in [1.29, 1.82) is 0 Å². The molecule has 6 nitrogen and oxygen atoms in total. The lowest BCUT2D eigenvalue weighted by molar-refractivity contribution is -0.143. The molecule has 1 spiro atoms. The van der Waals surface area contributed by atoms with Gasteiger partial charge in [0.2, 0.25) is 0 Å². The van der Waals surface area contributed by atoms with Crippen LogP contribution in [0.5, 0.6) is 5.75 Å². The highest BCUT2D eigenvalue weighted by Gasteiger charge is 2.64. The van der Waals surface area contributed by atoms with Gasteiger partial charge in [-0.3, -0.25) is 0 Å². The number of nitrogens with zero attached hydrogens (tertiary/aromatic N) is 1. The molecule has 0 saturated carbocycles. The van der Waals surface area contributed by atoms with Crippen molar-refractivity contribution in [2.45, 2.75) is 16.2 Å². The lowest BCUT2D eigenvalue weighted by Crippen LogP contribution is -2.51. The second kappa shape index (κ2) is 8.15. The summed E-state index contributed by atoms with van der Waals surface area (Å²) < 4.78 is 15.0. The van der Waals surface area contributed by atoms with Gasteiger partial charge in [0.1, 0.15) is 10.5 Å². The molecule has 0 bridgehead atoms. The fourth-order valence-corrected chi connectivity index (χ4v) is 6.82. The second-order valence-corrected chi connectivity index (χ2v) is 9.18. The van der Waals surface area contributed by atoms with Crippen LogP contribution >= 0.6 is 11.8 Å². The summed E-state index contributed by atoms with van der Waals surface area (Å²) in [4.78, 5) is 28.4. The molecule has 1 fully saturated rings. The molecule has 0 aromatic heterocycles. The average molecular weight is 462 g/mol. The van der Waals surface area contributed by atoms with Gasteiger partial charge < -0.3 is 19.1 Å². The Labute approximate surface area is 196 Å². The molecule has 1 aliphatic heterocycles. The topological polar surface area (TPSA) is 65.1 Å². The maximum atomic E-state index is 13.5. The monoisotopic (exact) mass is 461 g/mol. The standard InChI is InChI=1S/C26H23NO5S/c1-30-17-14-12-16(13-15-17)27-22(24(28)31-2)26(33-23(27)25(29)32-3)20-10-6-4-8-18(20)19-9-5-7-11-21(19)26/h4-15,22-23H,1-3H3/t22-,23+/m1/s1. The van der Waals surface area contributed by atoms with Crippen LogP contribution in [0.15, 0.2) is 72.8 Å². The first-order valence-corrected chi connectivity index (χ1v) is 11.4. The minimum Gasteiger partial charge on any atom is -0.497 e. The number of carbonyl (C=O) groups is 2. The van der Waals surface area contributed by atoms with Crippen LogP contribution in [0.4, 0.5) is 5.69 Å². The predicted octanol–water partition coefficient (Wildman–Crippen LogP) is 4.21. The Kier molecular flexibility index (Phi) is 5.29. The molecule has 3 aromatic carbocycles. The first kappa shape index (κ1) is 21.4. The van der Waals surface area contributed by atoms with Crippen LogP contribution < -0.4 is 9.64 Å². The van der Waals surface area contributed by atoms with E-state index in [4.69, 9.17) is 14.2 Å². The highest BCUT2D eigenvalue weighted by molar-refractivity contribution is 8.02. The zero-order valence-electron chi connectivity index (χ0n) is 18.5. The summed E-state index contributed by atoms with van der Waals surface area (Å²) in [6.07, 6.45) is 0. The van der Waals surface area contributed by atoms with Gasteiger partial charge in [-0.15, -0.1) is 11.8 Å². The van der Waals surface area contributed by atoms with E-state index in [1.54, 1.807) is 7.11 Å². The summed E-state index contributed by atoms with van der Waals surface area (Å²) in [7, 11) is 4.34. The first-order chi connectivity index (χ1) is 16.1. The molecule has 0 amide bonds. The van der Waals surface area contributed by atoms with Gasteiger partial charge in [0.05, 0.1) is 21.3 Å². The Morgan fingerprint density at radius 1 is 0.788 bits per heavy atom. The van der Waals surface area contributed by atoms with Crippen molar-refractivity contribution in [2.75, 3.05) is 26.2 Å². The number of benzene rings is 3. The van der Waals surface area contributed by atoms with Gasteiger partial charge in [-0.05, 0) is 46.5 Å². The molecule has 3 aromatic rings. The van der Waals surface area contributed by atoms with Gasteiger partial charge in [-0.2, -0.15) is 0 Å². The molecule has 0 radical (unpaired) electrons. The van der Waals surface area contributed by atoms with Gasteiger partial charge in [0, 0.05) is 5.69 Å². The molecule has 1 saturated heterocycles. The van der Waals surface area contributed by atoms with E-state index in [0.717, 1.165) is 22.3 Å². The summed E-state index contributed by atoms with van der Waals surface area (Å²) in [5.74, 6) is -0.166. The number of esters is 2. The number of rotatable bonds is 4. The van der Waals surface area contributed by atoms with Crippen LogP contribution in [0.25, 0.3) is 11.1 Å². The number of ether oxygens (including phenoxy) is 3. The van der Waals surface area contributed by atoms with E-state index < -0.39 is 28.1 Å². The summed E-state index contributed by atoms with van der Waals surface area (Å²) >= 11 is 1.42. The molecule has 1 heterocycles. The molecule has 5 rings (SSSR count). The van der Waals surface area contributed by atoms with Crippen molar-refractivity contribution in [3.63, 3.8) is 0 Å². The lowest BCUT2D eigenvalue weighted by Gasteiger charge is -2.35. The summed E-state index contributed by atoms with van der Waals surface area (Å²) in [6.45, 7) is 0. The number of methoxy groups -OCH3 is 3. The highest BCUT2D eigenvalue weighted by atomic mass is 32.2. The fraction of sp³-hybridized carbons (Fsp3) is 0.231. The summed E-state index contributed by atoms with van der Waals surface area (Å²) in [5, 5.41) is -0.758. The third kappa shape index (κ3) is 3.03. The van der Waals surface area contributed by atoms with Crippen LogP contribution in [0.3, 0.4) is 0 Å². The Balaban J connectivity index is 1.79. The van der Waals surface area contributed by atoms with Gasteiger partial charge in [-0.25, -0.2) is 9.59 Å². The quantitative estimate of drug-likeness (QED) is 0.539.